The molecule has 6 nitrogen and oxygen atoms in total. The quantitative estimate of drug-likeness (QED) is 0.939. The Kier molecular flexibility index (Phi) is 4.49. The van der Waals surface area contributed by atoms with E-state index in [1.54, 1.807) is 7.11 Å². The number of methoxy groups -OCH3 is 1. The highest BCUT2D eigenvalue weighted by Gasteiger charge is 2.25. The summed E-state index contributed by atoms with van der Waals surface area (Å²) >= 11 is 0. The number of hydrogen-bond acceptors (Lipinski definition) is 5. The lowest BCUT2D eigenvalue weighted by Gasteiger charge is -2.19. The molecule has 1 aromatic heterocycles. The largest absolute Gasteiger partial charge is 0.497 e. The summed E-state index contributed by atoms with van der Waals surface area (Å²) in [6, 6.07) is 7.02. The predicted molar refractivity (Wildman–Crippen MR) is 82.3 cm³/mol. The van der Waals surface area contributed by atoms with E-state index in [9.17, 15) is 4.79 Å². The van der Waals surface area contributed by atoms with Gasteiger partial charge in [-0.1, -0.05) is 25.9 Å². The van der Waals surface area contributed by atoms with Crippen LogP contribution in [0.1, 0.15) is 39.6 Å². The molecule has 0 bridgehead atoms. The van der Waals surface area contributed by atoms with Gasteiger partial charge in [-0.15, -0.1) is 0 Å². The third-order valence-electron chi connectivity index (χ3n) is 3.19. The Labute approximate surface area is 129 Å². The summed E-state index contributed by atoms with van der Waals surface area (Å²) in [7, 11) is 1.61. The van der Waals surface area contributed by atoms with Crippen LogP contribution in [0.25, 0.3) is 11.4 Å². The first kappa shape index (κ1) is 16.0. The van der Waals surface area contributed by atoms with E-state index in [1.165, 1.54) is 0 Å². The van der Waals surface area contributed by atoms with Crippen molar-refractivity contribution in [1.29, 1.82) is 0 Å². The van der Waals surface area contributed by atoms with E-state index in [4.69, 9.17) is 9.26 Å². The third-order valence-corrected chi connectivity index (χ3v) is 3.19. The molecule has 0 saturated heterocycles. The third kappa shape index (κ3) is 3.63. The Morgan fingerprint density at radius 3 is 2.45 bits per heavy atom. The highest BCUT2D eigenvalue weighted by Crippen LogP contribution is 2.22. The maximum Gasteiger partial charge on any atom is 0.249 e. The Hall–Kier alpha value is -2.37. The molecule has 0 aliphatic rings. The molecule has 0 fully saturated rings. The van der Waals surface area contributed by atoms with E-state index in [2.05, 4.69) is 15.5 Å². The first-order valence-electron chi connectivity index (χ1n) is 7.10. The number of aromatic nitrogens is 2. The lowest BCUT2D eigenvalue weighted by molar-refractivity contribution is -0.129. The van der Waals surface area contributed by atoms with Crippen LogP contribution >= 0.6 is 0 Å². The SMILES string of the molecule is COc1ccc(-c2noc([C@@H](C)NC(=O)C(C)(C)C)n2)cc1. The van der Waals surface area contributed by atoms with Crippen molar-refractivity contribution < 1.29 is 14.1 Å². The molecule has 0 aliphatic carbocycles. The number of carbonyl (C=O) groups is 1. The summed E-state index contributed by atoms with van der Waals surface area (Å²) < 4.78 is 10.4. The van der Waals surface area contributed by atoms with Gasteiger partial charge < -0.3 is 14.6 Å². The van der Waals surface area contributed by atoms with Crippen LogP contribution in [0.15, 0.2) is 28.8 Å². The number of ether oxygens (including phenoxy) is 1. The fraction of sp³-hybridized carbons (Fsp3) is 0.438. The van der Waals surface area contributed by atoms with Crippen molar-refractivity contribution in [3.8, 4) is 17.1 Å². The number of nitrogens with zero attached hydrogens (tertiary/aromatic N) is 2. The van der Waals surface area contributed by atoms with Gasteiger partial charge in [0.05, 0.1) is 7.11 Å². The number of amides is 1. The summed E-state index contributed by atoms with van der Waals surface area (Å²) in [5.74, 6) is 1.56. The molecule has 6 heteroatoms. The summed E-state index contributed by atoms with van der Waals surface area (Å²) in [6.45, 7) is 7.37. The second-order valence-corrected chi connectivity index (χ2v) is 6.13. The van der Waals surface area contributed by atoms with Crippen molar-refractivity contribution in [3.05, 3.63) is 30.2 Å². The number of benzene rings is 1. The van der Waals surface area contributed by atoms with Gasteiger partial charge in [-0.2, -0.15) is 4.98 Å². The summed E-state index contributed by atoms with van der Waals surface area (Å²) in [5, 5.41) is 6.82. The molecule has 0 spiro atoms. The fourth-order valence-electron chi connectivity index (χ4n) is 1.74. The lowest BCUT2D eigenvalue weighted by atomic mass is 9.95. The highest BCUT2D eigenvalue weighted by molar-refractivity contribution is 5.81. The number of hydrogen-bond donors (Lipinski definition) is 1. The minimum Gasteiger partial charge on any atom is -0.497 e. The van der Waals surface area contributed by atoms with Gasteiger partial charge >= 0.3 is 0 Å². The van der Waals surface area contributed by atoms with Crippen molar-refractivity contribution in [2.45, 2.75) is 33.7 Å². The van der Waals surface area contributed by atoms with Gasteiger partial charge in [-0.05, 0) is 31.2 Å². The normalized spacial score (nSPS) is 12.8. The second-order valence-electron chi connectivity index (χ2n) is 6.13. The standard InChI is InChI=1S/C16H21N3O3/c1-10(17-15(20)16(2,3)4)14-18-13(19-22-14)11-6-8-12(21-5)9-7-11/h6-10H,1-5H3,(H,17,20)/t10-/m1/s1. The van der Waals surface area contributed by atoms with E-state index in [0.717, 1.165) is 11.3 Å². The molecule has 0 aliphatic heterocycles. The first-order chi connectivity index (χ1) is 10.3. The van der Waals surface area contributed by atoms with Gasteiger partial charge in [0.2, 0.25) is 17.6 Å². The Balaban J connectivity index is 2.11. The molecular formula is C16H21N3O3. The number of rotatable bonds is 4. The van der Waals surface area contributed by atoms with Crippen molar-refractivity contribution >= 4 is 5.91 Å². The number of carbonyl (C=O) groups excluding carboxylic acids is 1. The smallest absolute Gasteiger partial charge is 0.249 e. The minimum absolute atomic E-state index is 0.0656. The minimum atomic E-state index is -0.465. The predicted octanol–water partition coefficient (Wildman–Crippen LogP) is 2.97. The Bertz CT molecular complexity index is 641. The molecule has 1 atom stereocenters. The second kappa shape index (κ2) is 6.17. The molecule has 0 saturated carbocycles. The monoisotopic (exact) mass is 303 g/mol. The van der Waals surface area contributed by atoms with Gasteiger partial charge in [-0.3, -0.25) is 4.79 Å². The van der Waals surface area contributed by atoms with Gasteiger partial charge in [-0.25, -0.2) is 0 Å². The van der Waals surface area contributed by atoms with E-state index in [1.807, 2.05) is 52.0 Å². The van der Waals surface area contributed by atoms with Crippen LogP contribution < -0.4 is 10.1 Å². The van der Waals surface area contributed by atoms with Gasteiger partial charge in [0, 0.05) is 11.0 Å². The topological polar surface area (TPSA) is 77.3 Å². The van der Waals surface area contributed by atoms with Crippen LogP contribution in [-0.4, -0.2) is 23.2 Å². The summed E-state index contributed by atoms with van der Waals surface area (Å²) in [5.41, 5.74) is 0.359. The maximum atomic E-state index is 12.0. The van der Waals surface area contributed by atoms with Crippen LogP contribution in [0, 0.1) is 5.41 Å². The van der Waals surface area contributed by atoms with Gasteiger partial charge in [0.1, 0.15) is 11.8 Å². The van der Waals surface area contributed by atoms with E-state index < -0.39 is 5.41 Å². The zero-order valence-corrected chi connectivity index (χ0v) is 13.5. The van der Waals surface area contributed by atoms with Crippen molar-refractivity contribution in [1.82, 2.24) is 15.5 Å². The van der Waals surface area contributed by atoms with Crippen molar-refractivity contribution in [3.63, 3.8) is 0 Å². The first-order valence-corrected chi connectivity index (χ1v) is 7.10. The summed E-state index contributed by atoms with van der Waals surface area (Å²) in [4.78, 5) is 16.3. The van der Waals surface area contributed by atoms with Crippen LogP contribution in [0.2, 0.25) is 0 Å². The van der Waals surface area contributed by atoms with E-state index >= 15 is 0 Å². The Morgan fingerprint density at radius 2 is 1.91 bits per heavy atom. The molecule has 118 valence electrons. The Morgan fingerprint density at radius 1 is 1.27 bits per heavy atom. The molecule has 22 heavy (non-hydrogen) atoms. The van der Waals surface area contributed by atoms with Gasteiger partial charge in [0.15, 0.2) is 0 Å². The average Bonchev–Trinajstić information content (AvgIpc) is 2.96. The highest BCUT2D eigenvalue weighted by atomic mass is 16.5. The molecule has 1 N–H and O–H groups in total. The molecule has 1 heterocycles. The molecule has 0 unspecified atom stereocenters. The lowest BCUT2D eigenvalue weighted by Crippen LogP contribution is -2.36. The molecular weight excluding hydrogens is 282 g/mol. The fourth-order valence-corrected chi connectivity index (χ4v) is 1.74. The zero-order valence-electron chi connectivity index (χ0n) is 13.5. The molecule has 1 aromatic carbocycles. The van der Waals surface area contributed by atoms with Crippen molar-refractivity contribution in [2.75, 3.05) is 7.11 Å². The number of nitrogens with one attached hydrogen (secondary N) is 1. The van der Waals surface area contributed by atoms with Crippen LogP contribution in [0.4, 0.5) is 0 Å². The average molecular weight is 303 g/mol. The van der Waals surface area contributed by atoms with Crippen LogP contribution in [0.3, 0.4) is 0 Å². The molecule has 2 rings (SSSR count). The molecule has 1 amide bonds. The molecule has 2 aromatic rings. The van der Waals surface area contributed by atoms with Crippen LogP contribution in [0.5, 0.6) is 5.75 Å². The molecule has 0 radical (unpaired) electrons. The van der Waals surface area contributed by atoms with E-state index in [-0.39, 0.29) is 11.9 Å². The van der Waals surface area contributed by atoms with Gasteiger partial charge in [0.25, 0.3) is 0 Å². The summed E-state index contributed by atoms with van der Waals surface area (Å²) in [6.07, 6.45) is 0. The maximum absolute atomic E-state index is 12.0. The van der Waals surface area contributed by atoms with Crippen molar-refractivity contribution in [2.24, 2.45) is 5.41 Å². The zero-order chi connectivity index (χ0) is 16.3. The van der Waals surface area contributed by atoms with E-state index in [0.29, 0.717) is 11.7 Å². The van der Waals surface area contributed by atoms with Crippen LogP contribution in [-0.2, 0) is 4.79 Å².